The highest BCUT2D eigenvalue weighted by molar-refractivity contribution is 6.30. The summed E-state index contributed by atoms with van der Waals surface area (Å²) in [6.45, 7) is 2.17. The van der Waals surface area contributed by atoms with E-state index in [9.17, 15) is 0 Å². The summed E-state index contributed by atoms with van der Waals surface area (Å²) in [5, 5.41) is 3.08. The van der Waals surface area contributed by atoms with Gasteiger partial charge in [-0.1, -0.05) is 60.1 Å². The number of halogens is 1. The van der Waals surface area contributed by atoms with Gasteiger partial charge in [0.25, 0.3) is 0 Å². The number of hydrogen-bond donors (Lipinski definition) is 1. The van der Waals surface area contributed by atoms with Crippen LogP contribution in [0.25, 0.3) is 21.9 Å². The van der Waals surface area contributed by atoms with Crippen molar-refractivity contribution in [3.8, 4) is 0 Å². The fourth-order valence-corrected chi connectivity index (χ4v) is 3.99. The molecule has 1 unspecified atom stereocenters. The highest BCUT2D eigenvalue weighted by atomic mass is 35.5. The first-order valence-electron chi connectivity index (χ1n) is 9.02. The minimum Gasteiger partial charge on any atom is -0.460 e. The van der Waals surface area contributed by atoms with Gasteiger partial charge in [-0.2, -0.15) is 0 Å². The van der Waals surface area contributed by atoms with E-state index < -0.39 is 0 Å². The number of furan rings is 1. The van der Waals surface area contributed by atoms with Crippen LogP contribution in [-0.4, -0.2) is 4.98 Å². The molecule has 0 amide bonds. The van der Waals surface area contributed by atoms with Crippen molar-refractivity contribution in [1.29, 1.82) is 0 Å². The van der Waals surface area contributed by atoms with Gasteiger partial charge < -0.3 is 9.40 Å². The van der Waals surface area contributed by atoms with Gasteiger partial charge in [0.15, 0.2) is 0 Å². The Kier molecular flexibility index (Phi) is 3.80. The van der Waals surface area contributed by atoms with Crippen molar-refractivity contribution in [3.05, 3.63) is 106 Å². The molecule has 27 heavy (non-hydrogen) atoms. The number of benzene rings is 3. The van der Waals surface area contributed by atoms with E-state index in [2.05, 4.69) is 60.4 Å². The van der Waals surface area contributed by atoms with Crippen LogP contribution in [0.15, 0.2) is 83.3 Å². The van der Waals surface area contributed by atoms with Gasteiger partial charge in [0.1, 0.15) is 11.3 Å². The molecule has 0 bridgehead atoms. The molecule has 0 spiro atoms. The molecule has 2 aromatic heterocycles. The van der Waals surface area contributed by atoms with Crippen LogP contribution >= 0.6 is 11.6 Å². The minimum atomic E-state index is -0.0259. The molecule has 0 saturated carbocycles. The van der Waals surface area contributed by atoms with Crippen molar-refractivity contribution < 1.29 is 4.42 Å². The molecule has 0 aliphatic rings. The SMILES string of the molecule is Cc1c(C(c2ccc(Cl)cc2)c2cc3ccccc3o2)[nH]c2ccccc12. The molecule has 132 valence electrons. The lowest BCUT2D eigenvalue weighted by Gasteiger charge is -2.15. The van der Waals surface area contributed by atoms with Crippen LogP contribution in [0.5, 0.6) is 0 Å². The third-order valence-electron chi connectivity index (χ3n) is 5.23. The zero-order valence-corrected chi connectivity index (χ0v) is 15.6. The minimum absolute atomic E-state index is 0.0259. The molecule has 0 saturated heterocycles. The lowest BCUT2D eigenvalue weighted by molar-refractivity contribution is 0.538. The second-order valence-corrected chi connectivity index (χ2v) is 7.32. The number of fused-ring (bicyclic) bond motifs is 2. The Bertz CT molecular complexity index is 1210. The van der Waals surface area contributed by atoms with E-state index in [1.54, 1.807) is 0 Å². The molecule has 0 fully saturated rings. The maximum atomic E-state index is 6.27. The van der Waals surface area contributed by atoms with Gasteiger partial charge in [-0.15, -0.1) is 0 Å². The predicted molar refractivity (Wildman–Crippen MR) is 112 cm³/mol. The molecule has 3 aromatic carbocycles. The van der Waals surface area contributed by atoms with Crippen LogP contribution in [0.1, 0.15) is 28.5 Å². The number of H-pyrrole nitrogens is 1. The first-order valence-corrected chi connectivity index (χ1v) is 9.39. The van der Waals surface area contributed by atoms with E-state index in [1.807, 2.05) is 30.3 Å². The fourth-order valence-electron chi connectivity index (χ4n) is 3.86. The van der Waals surface area contributed by atoms with Crippen molar-refractivity contribution >= 4 is 33.5 Å². The van der Waals surface area contributed by atoms with Crippen molar-refractivity contribution in [1.82, 2.24) is 4.98 Å². The molecule has 5 aromatic rings. The van der Waals surface area contributed by atoms with Crippen molar-refractivity contribution in [3.63, 3.8) is 0 Å². The van der Waals surface area contributed by atoms with Crippen LogP contribution < -0.4 is 0 Å². The first kappa shape index (κ1) is 16.2. The van der Waals surface area contributed by atoms with Gasteiger partial charge in [-0.3, -0.25) is 0 Å². The van der Waals surface area contributed by atoms with E-state index in [1.165, 1.54) is 10.9 Å². The summed E-state index contributed by atoms with van der Waals surface area (Å²) in [6, 6.07) is 26.7. The summed E-state index contributed by atoms with van der Waals surface area (Å²) >= 11 is 6.14. The molecule has 0 aliphatic heterocycles. The Morgan fingerprint density at radius 1 is 0.889 bits per heavy atom. The number of aromatic nitrogens is 1. The number of aryl methyl sites for hydroxylation is 1. The average molecular weight is 372 g/mol. The van der Waals surface area contributed by atoms with Gasteiger partial charge in [0.05, 0.1) is 5.92 Å². The van der Waals surface area contributed by atoms with E-state index in [-0.39, 0.29) is 5.92 Å². The first-order chi connectivity index (χ1) is 13.2. The van der Waals surface area contributed by atoms with Gasteiger partial charge in [0.2, 0.25) is 0 Å². The summed E-state index contributed by atoms with van der Waals surface area (Å²) in [4.78, 5) is 3.63. The van der Waals surface area contributed by atoms with Gasteiger partial charge in [-0.25, -0.2) is 0 Å². The van der Waals surface area contributed by atoms with Crippen LogP contribution in [0.3, 0.4) is 0 Å². The third kappa shape index (κ3) is 2.73. The van der Waals surface area contributed by atoms with E-state index >= 15 is 0 Å². The Morgan fingerprint density at radius 2 is 1.63 bits per heavy atom. The molecule has 1 atom stereocenters. The Labute approximate surface area is 162 Å². The predicted octanol–water partition coefficient (Wildman–Crippen LogP) is 7.06. The second kappa shape index (κ2) is 6.33. The van der Waals surface area contributed by atoms with E-state index in [0.29, 0.717) is 0 Å². The Hall–Kier alpha value is -2.97. The zero-order valence-electron chi connectivity index (χ0n) is 14.9. The Balaban J connectivity index is 1.76. The molecular weight excluding hydrogens is 354 g/mol. The summed E-state index contributed by atoms with van der Waals surface area (Å²) in [5.41, 5.74) is 5.58. The van der Waals surface area contributed by atoms with Crippen LogP contribution in [-0.2, 0) is 0 Å². The smallest absolute Gasteiger partial charge is 0.134 e. The lowest BCUT2D eigenvalue weighted by atomic mass is 9.91. The maximum Gasteiger partial charge on any atom is 0.134 e. The topological polar surface area (TPSA) is 28.9 Å². The maximum absolute atomic E-state index is 6.27. The molecule has 5 rings (SSSR count). The number of aromatic amines is 1. The quantitative estimate of drug-likeness (QED) is 0.361. The summed E-state index contributed by atoms with van der Waals surface area (Å²) in [5.74, 6) is 0.898. The van der Waals surface area contributed by atoms with Gasteiger partial charge in [0, 0.05) is 27.0 Å². The van der Waals surface area contributed by atoms with Gasteiger partial charge in [-0.05, 0) is 48.4 Å². The zero-order chi connectivity index (χ0) is 18.4. The number of nitrogens with one attached hydrogen (secondary N) is 1. The number of rotatable bonds is 3. The monoisotopic (exact) mass is 371 g/mol. The molecular formula is C24H18ClNO. The molecule has 3 heteroatoms. The Morgan fingerprint density at radius 3 is 2.41 bits per heavy atom. The summed E-state index contributed by atoms with van der Waals surface area (Å²) in [7, 11) is 0. The number of hydrogen-bond acceptors (Lipinski definition) is 1. The van der Waals surface area contributed by atoms with Crippen LogP contribution in [0, 0.1) is 6.92 Å². The fraction of sp³-hybridized carbons (Fsp3) is 0.0833. The summed E-state index contributed by atoms with van der Waals surface area (Å²) in [6.07, 6.45) is 0. The van der Waals surface area contributed by atoms with Crippen molar-refractivity contribution in [2.45, 2.75) is 12.8 Å². The summed E-state index contributed by atoms with van der Waals surface area (Å²) < 4.78 is 6.27. The lowest BCUT2D eigenvalue weighted by Crippen LogP contribution is -2.04. The van der Waals surface area contributed by atoms with Crippen molar-refractivity contribution in [2.24, 2.45) is 0 Å². The average Bonchev–Trinajstić information content (AvgIpc) is 3.26. The molecule has 0 aliphatic carbocycles. The van der Waals surface area contributed by atoms with E-state index in [0.717, 1.165) is 38.5 Å². The molecule has 2 nitrogen and oxygen atoms in total. The van der Waals surface area contributed by atoms with Crippen LogP contribution in [0.2, 0.25) is 5.02 Å². The number of para-hydroxylation sites is 2. The standard InChI is InChI=1S/C24H18ClNO/c1-15-19-7-3-4-8-20(19)26-24(15)23(16-10-12-18(25)13-11-16)22-14-17-6-2-5-9-21(17)27-22/h2-14,23,26H,1H3. The third-order valence-corrected chi connectivity index (χ3v) is 5.48. The van der Waals surface area contributed by atoms with Crippen LogP contribution in [0.4, 0.5) is 0 Å². The van der Waals surface area contributed by atoms with Crippen molar-refractivity contribution in [2.75, 3.05) is 0 Å². The van der Waals surface area contributed by atoms with E-state index in [4.69, 9.17) is 16.0 Å². The van der Waals surface area contributed by atoms with Gasteiger partial charge >= 0.3 is 0 Å². The molecule has 1 N–H and O–H groups in total. The second-order valence-electron chi connectivity index (χ2n) is 6.88. The molecule has 2 heterocycles. The highest BCUT2D eigenvalue weighted by Gasteiger charge is 2.25. The largest absolute Gasteiger partial charge is 0.460 e. The highest BCUT2D eigenvalue weighted by Crippen LogP contribution is 2.38. The normalized spacial score (nSPS) is 12.7. The molecule has 0 radical (unpaired) electrons.